The summed E-state index contributed by atoms with van der Waals surface area (Å²) in [7, 11) is 1.70. The van der Waals surface area contributed by atoms with Crippen molar-refractivity contribution in [1.82, 2.24) is 14.7 Å². The fourth-order valence-electron chi connectivity index (χ4n) is 1.18. The van der Waals surface area contributed by atoms with Crippen molar-refractivity contribution in [3.05, 3.63) is 5.82 Å². The van der Waals surface area contributed by atoms with Gasteiger partial charge in [-0.05, 0) is 20.8 Å². The van der Waals surface area contributed by atoms with Crippen molar-refractivity contribution in [2.75, 3.05) is 25.0 Å². The maximum absolute atomic E-state index is 12.3. The van der Waals surface area contributed by atoms with Gasteiger partial charge in [-0.15, -0.1) is 0 Å². The number of nitrogens with one attached hydrogen (secondary N) is 1. The van der Waals surface area contributed by atoms with Crippen molar-refractivity contribution in [3.63, 3.8) is 0 Å². The third-order valence-electron chi connectivity index (χ3n) is 2.10. The van der Waals surface area contributed by atoms with E-state index in [1.807, 2.05) is 20.8 Å². The Labute approximate surface area is 108 Å². The fraction of sp³-hybridized carbons (Fsp3) is 0.800. The van der Waals surface area contributed by atoms with Crippen LogP contribution < -0.4 is 10.2 Å². The molecule has 8 heteroatoms. The van der Waals surface area contributed by atoms with E-state index in [0.717, 1.165) is 11.5 Å². The lowest BCUT2D eigenvalue weighted by molar-refractivity contribution is -0.144. The second-order valence-corrected chi connectivity index (χ2v) is 5.73. The molecule has 0 bridgehead atoms. The highest BCUT2D eigenvalue weighted by atomic mass is 32.1. The average molecular weight is 282 g/mol. The van der Waals surface area contributed by atoms with Crippen molar-refractivity contribution < 1.29 is 13.2 Å². The Hall–Kier alpha value is -0.890. The second kappa shape index (κ2) is 5.40. The SMILES string of the molecule is CN(CCNC(C)(C)C)c1nc(C(F)(F)F)ns1. The van der Waals surface area contributed by atoms with Gasteiger partial charge in [-0.2, -0.15) is 22.5 Å². The quantitative estimate of drug-likeness (QED) is 0.920. The van der Waals surface area contributed by atoms with Crippen molar-refractivity contribution in [2.45, 2.75) is 32.5 Å². The maximum Gasteiger partial charge on any atom is 0.452 e. The highest BCUT2D eigenvalue weighted by molar-refractivity contribution is 7.09. The number of hydrogen-bond donors (Lipinski definition) is 1. The van der Waals surface area contributed by atoms with Crippen molar-refractivity contribution in [2.24, 2.45) is 0 Å². The number of nitrogens with zero attached hydrogens (tertiary/aromatic N) is 3. The summed E-state index contributed by atoms with van der Waals surface area (Å²) in [6.07, 6.45) is -4.47. The fourth-order valence-corrected chi connectivity index (χ4v) is 1.85. The molecule has 0 aliphatic heterocycles. The summed E-state index contributed by atoms with van der Waals surface area (Å²) < 4.78 is 40.3. The zero-order chi connectivity index (χ0) is 14.0. The Bertz CT molecular complexity index is 383. The Morgan fingerprint density at radius 1 is 1.28 bits per heavy atom. The van der Waals surface area contributed by atoms with Gasteiger partial charge < -0.3 is 10.2 Å². The first-order valence-corrected chi connectivity index (χ1v) is 6.24. The number of anilines is 1. The van der Waals surface area contributed by atoms with Gasteiger partial charge in [-0.25, -0.2) is 0 Å². The van der Waals surface area contributed by atoms with E-state index in [-0.39, 0.29) is 10.7 Å². The van der Waals surface area contributed by atoms with Gasteiger partial charge in [0.15, 0.2) is 0 Å². The predicted octanol–water partition coefficient (Wildman–Crippen LogP) is 2.38. The van der Waals surface area contributed by atoms with Crippen LogP contribution in [-0.2, 0) is 6.18 Å². The van der Waals surface area contributed by atoms with E-state index in [2.05, 4.69) is 14.7 Å². The van der Waals surface area contributed by atoms with Crippen molar-refractivity contribution in [3.8, 4) is 0 Å². The highest BCUT2D eigenvalue weighted by Gasteiger charge is 2.36. The Kier molecular flexibility index (Phi) is 4.55. The summed E-state index contributed by atoms with van der Waals surface area (Å²) in [4.78, 5) is 5.14. The summed E-state index contributed by atoms with van der Waals surface area (Å²) in [5.74, 6) is -1.07. The Morgan fingerprint density at radius 3 is 2.33 bits per heavy atom. The largest absolute Gasteiger partial charge is 0.452 e. The van der Waals surface area contributed by atoms with Crippen LogP contribution in [0.2, 0.25) is 0 Å². The molecule has 1 aromatic heterocycles. The molecular weight excluding hydrogens is 265 g/mol. The van der Waals surface area contributed by atoms with Crippen molar-refractivity contribution in [1.29, 1.82) is 0 Å². The van der Waals surface area contributed by atoms with Crippen molar-refractivity contribution >= 4 is 16.7 Å². The molecule has 0 saturated heterocycles. The topological polar surface area (TPSA) is 41.0 Å². The third-order valence-corrected chi connectivity index (χ3v) is 2.93. The van der Waals surface area contributed by atoms with E-state index in [1.165, 1.54) is 0 Å². The minimum absolute atomic E-state index is 0.0148. The molecule has 0 amide bonds. The first kappa shape index (κ1) is 15.2. The van der Waals surface area contributed by atoms with E-state index in [4.69, 9.17) is 0 Å². The van der Waals surface area contributed by atoms with E-state index < -0.39 is 12.0 Å². The molecule has 0 aromatic carbocycles. The van der Waals surface area contributed by atoms with Gasteiger partial charge in [0.2, 0.25) is 11.0 Å². The molecule has 0 fully saturated rings. The lowest BCUT2D eigenvalue weighted by atomic mass is 10.1. The normalized spacial score (nSPS) is 12.8. The number of alkyl halides is 3. The number of halogens is 3. The molecule has 0 atom stereocenters. The van der Waals surface area contributed by atoms with Crippen LogP contribution in [0, 0.1) is 0 Å². The first-order valence-electron chi connectivity index (χ1n) is 5.47. The molecule has 0 unspecified atom stereocenters. The van der Waals surface area contributed by atoms with Gasteiger partial charge >= 0.3 is 6.18 Å². The summed E-state index contributed by atoms with van der Waals surface area (Å²) in [6, 6.07) is 0. The second-order valence-electron chi connectivity index (χ2n) is 5.00. The minimum atomic E-state index is -4.47. The van der Waals surface area contributed by atoms with Crippen LogP contribution in [0.3, 0.4) is 0 Å². The molecule has 1 N–H and O–H groups in total. The lowest BCUT2D eigenvalue weighted by Crippen LogP contribution is -2.40. The van der Waals surface area contributed by atoms with Gasteiger partial charge in [0.05, 0.1) is 0 Å². The third kappa shape index (κ3) is 4.77. The maximum atomic E-state index is 12.3. The number of likely N-dealkylation sites (N-methyl/N-ethyl adjacent to an activating group) is 1. The van der Waals surface area contributed by atoms with E-state index in [9.17, 15) is 13.2 Å². The molecule has 104 valence electrons. The van der Waals surface area contributed by atoms with Crippen LogP contribution in [0.5, 0.6) is 0 Å². The van der Waals surface area contributed by atoms with E-state index in [0.29, 0.717) is 13.1 Å². The molecule has 0 aliphatic rings. The molecule has 1 aromatic rings. The highest BCUT2D eigenvalue weighted by Crippen LogP contribution is 2.29. The van der Waals surface area contributed by atoms with Gasteiger partial charge in [-0.3, -0.25) is 0 Å². The molecule has 0 aliphatic carbocycles. The van der Waals surface area contributed by atoms with Gasteiger partial charge in [-0.1, -0.05) is 0 Å². The van der Waals surface area contributed by atoms with Crippen LogP contribution in [0.25, 0.3) is 0 Å². The average Bonchev–Trinajstić information content (AvgIpc) is 2.62. The molecule has 1 rings (SSSR count). The van der Waals surface area contributed by atoms with Crippen LogP contribution in [0.1, 0.15) is 26.6 Å². The number of aromatic nitrogens is 2. The number of rotatable bonds is 4. The Balaban J connectivity index is 2.52. The molecule has 18 heavy (non-hydrogen) atoms. The zero-order valence-corrected chi connectivity index (χ0v) is 11.6. The Morgan fingerprint density at radius 2 is 1.89 bits per heavy atom. The molecular formula is C10H17F3N4S. The summed E-state index contributed by atoms with van der Waals surface area (Å²) in [5.41, 5.74) is -0.0148. The van der Waals surface area contributed by atoms with Crippen LogP contribution in [0.15, 0.2) is 0 Å². The lowest BCUT2D eigenvalue weighted by Gasteiger charge is -2.23. The minimum Gasteiger partial charge on any atom is -0.349 e. The van der Waals surface area contributed by atoms with Gasteiger partial charge in [0.1, 0.15) is 0 Å². The van der Waals surface area contributed by atoms with Crippen LogP contribution >= 0.6 is 11.5 Å². The standard InChI is InChI=1S/C10H17F3N4S/c1-9(2,3)14-5-6-17(4)8-15-7(16-18-8)10(11,12)13/h14H,5-6H2,1-4H3. The zero-order valence-electron chi connectivity index (χ0n) is 10.8. The molecule has 0 saturated carbocycles. The van der Waals surface area contributed by atoms with Gasteiger partial charge in [0, 0.05) is 37.2 Å². The van der Waals surface area contributed by atoms with Gasteiger partial charge in [0.25, 0.3) is 0 Å². The smallest absolute Gasteiger partial charge is 0.349 e. The van der Waals surface area contributed by atoms with E-state index in [1.54, 1.807) is 11.9 Å². The van der Waals surface area contributed by atoms with Crippen LogP contribution in [-0.4, -0.2) is 35.0 Å². The molecule has 4 nitrogen and oxygen atoms in total. The van der Waals surface area contributed by atoms with E-state index >= 15 is 0 Å². The predicted molar refractivity (Wildman–Crippen MR) is 65.9 cm³/mol. The van der Waals surface area contributed by atoms with Crippen LogP contribution in [0.4, 0.5) is 18.3 Å². The first-order chi connectivity index (χ1) is 8.09. The summed E-state index contributed by atoms with van der Waals surface area (Å²) >= 11 is 0.759. The monoisotopic (exact) mass is 282 g/mol. The number of hydrogen-bond acceptors (Lipinski definition) is 5. The summed E-state index contributed by atoms with van der Waals surface area (Å²) in [6.45, 7) is 7.32. The molecule has 0 radical (unpaired) electrons. The molecule has 1 heterocycles. The molecule has 0 spiro atoms. The summed E-state index contributed by atoms with van der Waals surface area (Å²) in [5, 5.41) is 3.53.